The van der Waals surface area contributed by atoms with Gasteiger partial charge in [-0.15, -0.1) is 0 Å². The monoisotopic (exact) mass is 1250 g/mol. The maximum Gasteiger partial charge on any atom is 0.305 e. The highest BCUT2D eigenvalue weighted by Crippen LogP contribution is 2.20. The van der Waals surface area contributed by atoms with Gasteiger partial charge in [-0.2, -0.15) is 0 Å². The Morgan fingerprint density at radius 3 is 0.798 bits per heavy atom. The molecule has 0 spiro atoms. The molecule has 0 aromatic rings. The molecule has 0 saturated heterocycles. The van der Waals surface area contributed by atoms with Crippen LogP contribution in [0.4, 0.5) is 0 Å². The van der Waals surface area contributed by atoms with Crippen molar-refractivity contribution in [3.8, 4) is 0 Å². The molecule has 3 N–H and O–H groups in total. The number of allylic oxidation sites excluding steroid dienone is 5. The van der Waals surface area contributed by atoms with E-state index in [1.54, 1.807) is 6.08 Å². The van der Waals surface area contributed by atoms with Gasteiger partial charge in [-0.1, -0.05) is 397 Å². The van der Waals surface area contributed by atoms with Gasteiger partial charge in [0.2, 0.25) is 5.91 Å². The molecule has 0 aromatic carbocycles. The van der Waals surface area contributed by atoms with Crippen LogP contribution in [0.3, 0.4) is 0 Å². The number of amides is 1. The molecule has 0 heterocycles. The third kappa shape index (κ3) is 75.0. The van der Waals surface area contributed by atoms with E-state index < -0.39 is 12.1 Å². The van der Waals surface area contributed by atoms with Gasteiger partial charge in [0.05, 0.1) is 25.4 Å². The molecule has 0 saturated carbocycles. The van der Waals surface area contributed by atoms with Crippen LogP contribution in [-0.4, -0.2) is 47.4 Å². The number of ether oxygens (including phenoxy) is 1. The van der Waals surface area contributed by atoms with Gasteiger partial charge >= 0.3 is 5.97 Å². The van der Waals surface area contributed by atoms with E-state index in [2.05, 4.69) is 43.5 Å². The highest BCUT2D eigenvalue weighted by molar-refractivity contribution is 5.76. The first-order chi connectivity index (χ1) is 44.0. The average Bonchev–Trinajstić information content (AvgIpc) is 3.68. The first-order valence-electron chi connectivity index (χ1n) is 40.8. The van der Waals surface area contributed by atoms with Crippen LogP contribution in [0.2, 0.25) is 0 Å². The predicted octanol–water partition coefficient (Wildman–Crippen LogP) is 27.0. The number of carbonyl (C=O) groups excluding carboxylic acids is 2. The van der Waals surface area contributed by atoms with Crippen molar-refractivity contribution in [2.75, 3.05) is 13.2 Å². The summed E-state index contributed by atoms with van der Waals surface area (Å²) in [5.74, 6) is -0.0490. The molecule has 89 heavy (non-hydrogen) atoms. The number of hydrogen-bond donors (Lipinski definition) is 3. The Kier molecular flexibility index (Phi) is 76.8. The average molecular weight is 1250 g/mol. The molecule has 526 valence electrons. The first kappa shape index (κ1) is 87.1. The van der Waals surface area contributed by atoms with Crippen LogP contribution in [0.1, 0.15) is 457 Å². The Balaban J connectivity index is 3.38. The Labute approximate surface area is 557 Å². The predicted molar refractivity (Wildman–Crippen MR) is 393 cm³/mol. The maximum atomic E-state index is 12.6. The van der Waals surface area contributed by atoms with Crippen LogP contribution in [0.5, 0.6) is 0 Å². The molecule has 0 bridgehead atoms. The third-order valence-electron chi connectivity index (χ3n) is 19.1. The molecule has 0 aliphatic heterocycles. The lowest BCUT2D eigenvalue weighted by Gasteiger charge is -2.20. The fourth-order valence-electron chi connectivity index (χ4n) is 12.9. The molecule has 0 radical (unpaired) electrons. The Hall–Kier alpha value is -1.92. The van der Waals surface area contributed by atoms with Gasteiger partial charge in [-0.05, 0) is 83.5 Å². The standard InChI is InChI=1S/C83H159NO5/c1-3-5-7-9-11-13-15-17-19-20-21-22-23-33-36-39-42-45-48-51-55-59-63-67-71-75-81(86)80(79-85)84-82(87)76-72-68-64-60-56-52-49-46-43-40-37-34-31-29-27-25-24-26-28-30-32-35-38-41-44-47-50-54-58-62-66-70-74-78-89-83(88)77-73-69-65-61-57-53-18-16-14-12-10-8-6-4-2/h16,18,28,30,71,75,80-81,85-86H,3-15,17,19-27,29,31-70,72-74,76-79H2,1-2H3,(H,84,87)/b18-16-,30-28-,75-71+. The maximum absolute atomic E-state index is 12.6. The minimum atomic E-state index is -0.844. The minimum Gasteiger partial charge on any atom is -0.466 e. The lowest BCUT2D eigenvalue weighted by Crippen LogP contribution is -2.45. The van der Waals surface area contributed by atoms with Crippen molar-refractivity contribution in [3.05, 3.63) is 36.5 Å². The smallest absolute Gasteiger partial charge is 0.305 e. The summed E-state index contributed by atoms with van der Waals surface area (Å²) in [5, 5.41) is 23.3. The molecule has 1 amide bonds. The highest BCUT2D eigenvalue weighted by atomic mass is 16.5. The van der Waals surface area contributed by atoms with Gasteiger partial charge in [-0.3, -0.25) is 9.59 Å². The summed E-state index contributed by atoms with van der Waals surface area (Å²) in [6, 6.07) is -0.627. The largest absolute Gasteiger partial charge is 0.466 e. The van der Waals surface area contributed by atoms with Crippen LogP contribution in [0, 0.1) is 0 Å². The summed E-state index contributed by atoms with van der Waals surface area (Å²) >= 11 is 0. The van der Waals surface area contributed by atoms with Crippen LogP contribution < -0.4 is 5.32 Å². The van der Waals surface area contributed by atoms with Crippen molar-refractivity contribution in [2.24, 2.45) is 0 Å². The van der Waals surface area contributed by atoms with Crippen LogP contribution in [0.15, 0.2) is 36.5 Å². The second-order valence-electron chi connectivity index (χ2n) is 28.1. The zero-order chi connectivity index (χ0) is 64.2. The van der Waals surface area contributed by atoms with E-state index in [-0.39, 0.29) is 18.5 Å². The van der Waals surface area contributed by atoms with E-state index in [4.69, 9.17) is 4.74 Å². The molecule has 2 atom stereocenters. The number of hydrogen-bond acceptors (Lipinski definition) is 5. The molecule has 6 heteroatoms. The van der Waals surface area contributed by atoms with Crippen molar-refractivity contribution < 1.29 is 24.5 Å². The molecular weight excluding hydrogens is 1090 g/mol. The zero-order valence-corrected chi connectivity index (χ0v) is 60.4. The van der Waals surface area contributed by atoms with Gasteiger partial charge < -0.3 is 20.3 Å². The zero-order valence-electron chi connectivity index (χ0n) is 60.4. The number of esters is 1. The van der Waals surface area contributed by atoms with Crippen LogP contribution in [-0.2, 0) is 14.3 Å². The summed E-state index contributed by atoms with van der Waals surface area (Å²) in [4.78, 5) is 24.6. The summed E-state index contributed by atoms with van der Waals surface area (Å²) in [6.45, 7) is 4.94. The van der Waals surface area contributed by atoms with Gasteiger partial charge in [0.15, 0.2) is 0 Å². The SMILES string of the molecule is CCCCCCC/C=C\CCCCCCCC(=O)OCCCCCCCCCCCCCC/C=C\CCCCCCCCCCCCCCCCCCCC(=O)NC(CO)C(O)/C=C/CCCCCCCCCCCCCCCCCCCCCCCCC. The number of rotatable bonds is 77. The summed E-state index contributed by atoms with van der Waals surface area (Å²) in [6.07, 6.45) is 103. The van der Waals surface area contributed by atoms with E-state index in [1.807, 2.05) is 6.08 Å². The van der Waals surface area contributed by atoms with E-state index >= 15 is 0 Å². The minimum absolute atomic E-state index is 0.0106. The lowest BCUT2D eigenvalue weighted by molar-refractivity contribution is -0.143. The summed E-state index contributed by atoms with van der Waals surface area (Å²) in [7, 11) is 0. The number of nitrogens with one attached hydrogen (secondary N) is 1. The van der Waals surface area contributed by atoms with Crippen molar-refractivity contribution >= 4 is 11.9 Å². The third-order valence-corrected chi connectivity index (χ3v) is 19.1. The fraction of sp³-hybridized carbons (Fsp3) is 0.904. The van der Waals surface area contributed by atoms with Crippen LogP contribution in [0.25, 0.3) is 0 Å². The van der Waals surface area contributed by atoms with Gasteiger partial charge in [-0.25, -0.2) is 0 Å². The fourth-order valence-corrected chi connectivity index (χ4v) is 12.9. The Morgan fingerprint density at radius 2 is 0.528 bits per heavy atom. The van der Waals surface area contributed by atoms with Crippen molar-refractivity contribution in [3.63, 3.8) is 0 Å². The van der Waals surface area contributed by atoms with Crippen molar-refractivity contribution in [2.45, 2.75) is 469 Å². The normalized spacial score (nSPS) is 12.6. The van der Waals surface area contributed by atoms with E-state index in [9.17, 15) is 19.8 Å². The Bertz CT molecular complexity index is 1440. The summed E-state index contributed by atoms with van der Waals surface area (Å²) < 4.78 is 5.49. The Morgan fingerprint density at radius 1 is 0.303 bits per heavy atom. The summed E-state index contributed by atoms with van der Waals surface area (Å²) in [5.41, 5.74) is 0. The van der Waals surface area contributed by atoms with Gasteiger partial charge in [0, 0.05) is 12.8 Å². The van der Waals surface area contributed by atoms with Crippen LogP contribution >= 0.6 is 0 Å². The second-order valence-corrected chi connectivity index (χ2v) is 28.1. The molecule has 0 fully saturated rings. The number of carbonyl (C=O) groups is 2. The quantitative estimate of drug-likeness (QED) is 0.0320. The molecule has 0 aliphatic rings. The highest BCUT2D eigenvalue weighted by Gasteiger charge is 2.18. The van der Waals surface area contributed by atoms with Gasteiger partial charge in [0.25, 0.3) is 0 Å². The van der Waals surface area contributed by atoms with Gasteiger partial charge in [0.1, 0.15) is 0 Å². The molecule has 0 aromatic heterocycles. The number of aliphatic hydroxyl groups excluding tert-OH is 2. The van der Waals surface area contributed by atoms with Crippen molar-refractivity contribution in [1.82, 2.24) is 5.32 Å². The number of unbranched alkanes of at least 4 members (excludes halogenated alkanes) is 62. The van der Waals surface area contributed by atoms with Crippen molar-refractivity contribution in [1.29, 1.82) is 0 Å². The lowest BCUT2D eigenvalue weighted by atomic mass is 10.0. The van der Waals surface area contributed by atoms with E-state index in [0.717, 1.165) is 44.9 Å². The molecule has 2 unspecified atom stereocenters. The molecule has 0 rings (SSSR count). The first-order valence-corrected chi connectivity index (χ1v) is 40.8. The van der Waals surface area contributed by atoms with E-state index in [0.29, 0.717) is 19.4 Å². The number of aliphatic hydroxyl groups is 2. The topological polar surface area (TPSA) is 95.9 Å². The molecule has 0 aliphatic carbocycles. The molecule has 6 nitrogen and oxygen atoms in total. The second kappa shape index (κ2) is 78.5. The van der Waals surface area contributed by atoms with E-state index in [1.165, 1.54) is 385 Å². The molecular formula is C83H159NO5.